The minimum absolute atomic E-state index is 0. The Morgan fingerprint density at radius 3 is 2.82 bits per heavy atom. The quantitative estimate of drug-likeness (QED) is 0.844. The van der Waals surface area contributed by atoms with Gasteiger partial charge in [-0.25, -0.2) is 4.68 Å². The van der Waals surface area contributed by atoms with Crippen molar-refractivity contribution in [3.8, 4) is 0 Å². The van der Waals surface area contributed by atoms with Crippen LogP contribution in [0.2, 0.25) is 0 Å². The van der Waals surface area contributed by atoms with Crippen molar-refractivity contribution in [2.24, 2.45) is 5.73 Å². The molecule has 1 saturated carbocycles. The molecule has 2 N–H and O–H groups in total. The molecule has 0 radical (unpaired) electrons. The van der Waals surface area contributed by atoms with E-state index in [1.165, 1.54) is 25.7 Å². The highest BCUT2D eigenvalue weighted by Gasteiger charge is 2.30. The molecule has 0 amide bonds. The van der Waals surface area contributed by atoms with Crippen molar-refractivity contribution in [2.75, 3.05) is 13.1 Å². The van der Waals surface area contributed by atoms with Crippen molar-refractivity contribution in [3.63, 3.8) is 0 Å². The molecule has 6 nitrogen and oxygen atoms in total. The van der Waals surface area contributed by atoms with E-state index in [1.54, 1.807) is 0 Å². The summed E-state index contributed by atoms with van der Waals surface area (Å²) >= 11 is 0. The van der Waals surface area contributed by atoms with E-state index in [9.17, 15) is 0 Å². The van der Waals surface area contributed by atoms with Crippen LogP contribution in [0.1, 0.15) is 37.5 Å². The second-order valence-corrected chi connectivity index (χ2v) is 4.77. The lowest BCUT2D eigenvalue weighted by Gasteiger charge is -2.22. The van der Waals surface area contributed by atoms with Gasteiger partial charge in [0.15, 0.2) is 5.82 Å². The third-order valence-electron chi connectivity index (χ3n) is 3.57. The smallest absolute Gasteiger partial charge is 0.165 e. The van der Waals surface area contributed by atoms with Gasteiger partial charge in [-0.15, -0.1) is 17.5 Å². The van der Waals surface area contributed by atoms with Crippen LogP contribution in [0.15, 0.2) is 0 Å². The lowest BCUT2D eigenvalue weighted by atomic mass is 10.2. The first-order valence-electron chi connectivity index (χ1n) is 6.09. The molecule has 2 heterocycles. The zero-order valence-corrected chi connectivity index (χ0v) is 10.6. The molecule has 17 heavy (non-hydrogen) atoms. The van der Waals surface area contributed by atoms with Crippen LogP contribution in [-0.4, -0.2) is 44.2 Å². The minimum atomic E-state index is 0. The first-order valence-corrected chi connectivity index (χ1v) is 6.09. The molecular weight excluding hydrogens is 240 g/mol. The molecule has 2 fully saturated rings. The van der Waals surface area contributed by atoms with Gasteiger partial charge in [0.2, 0.25) is 0 Å². The van der Waals surface area contributed by atoms with Gasteiger partial charge in [0.05, 0.1) is 12.6 Å². The number of hydrogen-bond acceptors (Lipinski definition) is 5. The van der Waals surface area contributed by atoms with E-state index in [-0.39, 0.29) is 12.4 Å². The van der Waals surface area contributed by atoms with Crippen molar-refractivity contribution in [1.29, 1.82) is 0 Å². The molecule has 7 heteroatoms. The molecule has 0 aromatic carbocycles. The summed E-state index contributed by atoms with van der Waals surface area (Å²) in [5.74, 6) is 1.00. The summed E-state index contributed by atoms with van der Waals surface area (Å²) in [6, 6.07) is 1.08. The van der Waals surface area contributed by atoms with Gasteiger partial charge in [0.25, 0.3) is 0 Å². The molecule has 1 saturated heterocycles. The predicted molar refractivity (Wildman–Crippen MR) is 65.8 cm³/mol. The predicted octanol–water partition coefficient (Wildman–Crippen LogP) is 0.353. The summed E-state index contributed by atoms with van der Waals surface area (Å²) in [5.41, 5.74) is 5.76. The highest BCUT2D eigenvalue weighted by Crippen LogP contribution is 2.34. The zero-order chi connectivity index (χ0) is 11.0. The van der Waals surface area contributed by atoms with Gasteiger partial charge >= 0.3 is 0 Å². The monoisotopic (exact) mass is 258 g/mol. The Balaban J connectivity index is 0.00000108. The van der Waals surface area contributed by atoms with Gasteiger partial charge < -0.3 is 5.73 Å². The summed E-state index contributed by atoms with van der Waals surface area (Å²) < 4.78 is 1.99. The highest BCUT2D eigenvalue weighted by atomic mass is 35.5. The maximum absolute atomic E-state index is 5.76. The normalized spacial score (nSPS) is 24.9. The number of rotatable bonds is 4. The SMILES string of the molecule is Cl.NCC1CCCN1Cc1nnnn1C1CC1. The summed E-state index contributed by atoms with van der Waals surface area (Å²) in [6.45, 7) is 2.72. The molecule has 1 aliphatic heterocycles. The van der Waals surface area contributed by atoms with E-state index < -0.39 is 0 Å². The molecule has 1 aliphatic carbocycles. The molecule has 1 aromatic heterocycles. The van der Waals surface area contributed by atoms with Gasteiger partial charge in [-0.05, 0) is 42.7 Å². The molecule has 0 spiro atoms. The topological polar surface area (TPSA) is 72.9 Å². The lowest BCUT2D eigenvalue weighted by molar-refractivity contribution is 0.239. The Hall–Kier alpha value is -0.720. The third kappa shape index (κ3) is 2.59. The standard InChI is InChI=1S/C10H18N6.ClH/c11-6-9-2-1-5-15(9)7-10-12-13-14-16(10)8-3-4-8;/h8-9H,1-7,11H2;1H. The van der Waals surface area contributed by atoms with Gasteiger partial charge in [-0.2, -0.15) is 0 Å². The van der Waals surface area contributed by atoms with Crippen LogP contribution in [-0.2, 0) is 6.54 Å². The fraction of sp³-hybridized carbons (Fsp3) is 0.900. The van der Waals surface area contributed by atoms with E-state index in [1.807, 2.05) is 4.68 Å². The van der Waals surface area contributed by atoms with Crippen molar-refractivity contribution >= 4 is 12.4 Å². The second kappa shape index (κ2) is 5.29. The van der Waals surface area contributed by atoms with Gasteiger partial charge in [0, 0.05) is 12.6 Å². The number of tetrazole rings is 1. The van der Waals surface area contributed by atoms with Crippen molar-refractivity contribution in [3.05, 3.63) is 5.82 Å². The van der Waals surface area contributed by atoms with E-state index in [0.717, 1.165) is 25.5 Å². The Labute approximate surface area is 107 Å². The number of nitrogens with two attached hydrogens (primary N) is 1. The summed E-state index contributed by atoms with van der Waals surface area (Å²) in [5, 5.41) is 12.0. The zero-order valence-electron chi connectivity index (χ0n) is 9.83. The Morgan fingerprint density at radius 1 is 1.29 bits per heavy atom. The van der Waals surface area contributed by atoms with E-state index in [0.29, 0.717) is 12.1 Å². The van der Waals surface area contributed by atoms with Gasteiger partial charge in [0.1, 0.15) is 0 Å². The Kier molecular flexibility index (Phi) is 3.96. The van der Waals surface area contributed by atoms with Crippen LogP contribution in [0.5, 0.6) is 0 Å². The molecule has 1 aromatic rings. The van der Waals surface area contributed by atoms with Crippen LogP contribution in [0.3, 0.4) is 0 Å². The molecule has 1 unspecified atom stereocenters. The van der Waals surface area contributed by atoms with Crippen LogP contribution < -0.4 is 5.73 Å². The summed E-state index contributed by atoms with van der Waals surface area (Å²) in [4.78, 5) is 2.41. The van der Waals surface area contributed by atoms with E-state index in [2.05, 4.69) is 20.4 Å². The average Bonchev–Trinajstić information content (AvgIpc) is 2.88. The Morgan fingerprint density at radius 2 is 2.12 bits per heavy atom. The van der Waals surface area contributed by atoms with Crippen LogP contribution >= 0.6 is 12.4 Å². The molecule has 3 rings (SSSR count). The van der Waals surface area contributed by atoms with E-state index >= 15 is 0 Å². The van der Waals surface area contributed by atoms with Gasteiger partial charge in [-0.3, -0.25) is 4.90 Å². The summed E-state index contributed by atoms with van der Waals surface area (Å²) in [6.07, 6.45) is 4.89. The number of aromatic nitrogens is 4. The van der Waals surface area contributed by atoms with Crippen molar-refractivity contribution in [1.82, 2.24) is 25.1 Å². The molecular formula is C10H19ClN6. The maximum Gasteiger partial charge on any atom is 0.165 e. The van der Waals surface area contributed by atoms with Crippen LogP contribution in [0.4, 0.5) is 0 Å². The number of likely N-dealkylation sites (tertiary alicyclic amines) is 1. The molecule has 2 aliphatic rings. The fourth-order valence-electron chi connectivity index (χ4n) is 2.47. The number of hydrogen-bond donors (Lipinski definition) is 1. The largest absolute Gasteiger partial charge is 0.329 e. The molecule has 0 bridgehead atoms. The highest BCUT2D eigenvalue weighted by molar-refractivity contribution is 5.85. The lowest BCUT2D eigenvalue weighted by Crippen LogP contribution is -2.35. The van der Waals surface area contributed by atoms with Crippen LogP contribution in [0, 0.1) is 0 Å². The second-order valence-electron chi connectivity index (χ2n) is 4.77. The Bertz CT molecular complexity index is 363. The maximum atomic E-state index is 5.76. The molecule has 96 valence electrons. The number of halogens is 1. The molecule has 1 atom stereocenters. The first-order chi connectivity index (χ1) is 7.88. The summed E-state index contributed by atoms with van der Waals surface area (Å²) in [7, 11) is 0. The average molecular weight is 259 g/mol. The van der Waals surface area contributed by atoms with Crippen molar-refractivity contribution in [2.45, 2.75) is 44.3 Å². The fourth-order valence-corrected chi connectivity index (χ4v) is 2.47. The first kappa shape index (κ1) is 12.7. The number of nitrogens with zero attached hydrogens (tertiary/aromatic N) is 5. The minimum Gasteiger partial charge on any atom is -0.329 e. The van der Waals surface area contributed by atoms with E-state index in [4.69, 9.17) is 5.73 Å². The van der Waals surface area contributed by atoms with Crippen LogP contribution in [0.25, 0.3) is 0 Å². The van der Waals surface area contributed by atoms with Crippen molar-refractivity contribution < 1.29 is 0 Å². The van der Waals surface area contributed by atoms with Gasteiger partial charge in [-0.1, -0.05) is 0 Å². The third-order valence-corrected chi connectivity index (χ3v) is 3.57.